The molecule has 1 heterocycles. The van der Waals surface area contributed by atoms with Crippen LogP contribution in [0.25, 0.3) is 0 Å². The van der Waals surface area contributed by atoms with E-state index in [-0.39, 0.29) is 11.6 Å². The zero-order valence-corrected chi connectivity index (χ0v) is 12.3. The number of hydrogen-bond acceptors (Lipinski definition) is 3. The molecule has 1 unspecified atom stereocenters. The van der Waals surface area contributed by atoms with Crippen molar-refractivity contribution in [2.75, 3.05) is 7.11 Å². The molecule has 1 aliphatic carbocycles. The molecule has 0 amide bonds. The van der Waals surface area contributed by atoms with Crippen LogP contribution in [0, 0.1) is 0 Å². The Bertz CT molecular complexity index is 380. The average molecular weight is 265 g/mol. The number of ether oxygens (including phenoxy) is 1. The van der Waals surface area contributed by atoms with E-state index >= 15 is 0 Å². The number of aromatic nitrogens is 2. The Balaban J connectivity index is 2.04. The van der Waals surface area contributed by atoms with Gasteiger partial charge in [0.1, 0.15) is 0 Å². The highest BCUT2D eigenvalue weighted by molar-refractivity contribution is 5.09. The van der Waals surface area contributed by atoms with Crippen LogP contribution in [0.15, 0.2) is 12.4 Å². The van der Waals surface area contributed by atoms with Gasteiger partial charge in [-0.05, 0) is 31.7 Å². The summed E-state index contributed by atoms with van der Waals surface area (Å²) in [7, 11) is 1.82. The molecule has 0 aliphatic heterocycles. The molecule has 4 nitrogen and oxygen atoms in total. The standard InChI is InChI=1S/C15H27N3O/c1-3-18-12-13(11-17-18)10-14(16)15(19-2)8-6-4-5-7-9-15/h11-12,14H,3-10,16H2,1-2H3. The smallest absolute Gasteiger partial charge is 0.0832 e. The highest BCUT2D eigenvalue weighted by Crippen LogP contribution is 2.33. The van der Waals surface area contributed by atoms with Crippen molar-refractivity contribution in [3.63, 3.8) is 0 Å². The minimum Gasteiger partial charge on any atom is -0.377 e. The van der Waals surface area contributed by atoms with Crippen molar-refractivity contribution in [2.24, 2.45) is 5.73 Å². The lowest BCUT2D eigenvalue weighted by Crippen LogP contribution is -2.50. The SMILES string of the molecule is CCn1cc(CC(N)C2(OC)CCCCCC2)cn1. The Hall–Kier alpha value is -0.870. The lowest BCUT2D eigenvalue weighted by atomic mass is 9.84. The molecule has 0 radical (unpaired) electrons. The number of hydrogen-bond donors (Lipinski definition) is 1. The maximum absolute atomic E-state index is 6.48. The van der Waals surface area contributed by atoms with Crippen molar-refractivity contribution in [2.45, 2.75) is 70.1 Å². The molecular weight excluding hydrogens is 238 g/mol. The van der Waals surface area contributed by atoms with E-state index in [1.807, 2.05) is 18.0 Å². The van der Waals surface area contributed by atoms with E-state index in [0.717, 1.165) is 25.8 Å². The number of nitrogens with two attached hydrogens (primary N) is 1. The minimum atomic E-state index is -0.134. The average Bonchev–Trinajstić information content (AvgIpc) is 2.74. The van der Waals surface area contributed by atoms with Crippen molar-refractivity contribution in [1.82, 2.24) is 9.78 Å². The summed E-state index contributed by atoms with van der Waals surface area (Å²) in [5.74, 6) is 0. The van der Waals surface area contributed by atoms with Gasteiger partial charge in [-0.3, -0.25) is 4.68 Å². The molecule has 0 aromatic carbocycles. The predicted molar refractivity (Wildman–Crippen MR) is 77.0 cm³/mol. The van der Waals surface area contributed by atoms with E-state index in [1.54, 1.807) is 0 Å². The molecule has 0 bridgehead atoms. The zero-order valence-electron chi connectivity index (χ0n) is 12.3. The fourth-order valence-corrected chi connectivity index (χ4v) is 3.18. The molecule has 1 aliphatic rings. The molecular formula is C15H27N3O. The lowest BCUT2D eigenvalue weighted by molar-refractivity contribution is -0.0430. The van der Waals surface area contributed by atoms with Gasteiger partial charge < -0.3 is 10.5 Å². The van der Waals surface area contributed by atoms with E-state index in [1.165, 1.54) is 31.2 Å². The summed E-state index contributed by atoms with van der Waals surface area (Å²) >= 11 is 0. The first-order valence-corrected chi connectivity index (χ1v) is 7.52. The molecule has 0 saturated heterocycles. The van der Waals surface area contributed by atoms with E-state index in [9.17, 15) is 0 Å². The summed E-state index contributed by atoms with van der Waals surface area (Å²) < 4.78 is 7.83. The van der Waals surface area contributed by atoms with Gasteiger partial charge in [0.05, 0.1) is 11.8 Å². The molecule has 1 saturated carbocycles. The van der Waals surface area contributed by atoms with Gasteiger partial charge in [-0.1, -0.05) is 25.7 Å². The second-order valence-electron chi connectivity index (χ2n) is 5.70. The van der Waals surface area contributed by atoms with Gasteiger partial charge >= 0.3 is 0 Å². The molecule has 2 rings (SSSR count). The van der Waals surface area contributed by atoms with Gasteiger partial charge in [-0.25, -0.2) is 0 Å². The van der Waals surface area contributed by atoms with Crippen LogP contribution >= 0.6 is 0 Å². The van der Waals surface area contributed by atoms with E-state index in [4.69, 9.17) is 10.5 Å². The van der Waals surface area contributed by atoms with E-state index < -0.39 is 0 Å². The summed E-state index contributed by atoms with van der Waals surface area (Å²) in [6, 6.07) is 0.0603. The Morgan fingerprint density at radius 1 is 1.37 bits per heavy atom. The highest BCUT2D eigenvalue weighted by atomic mass is 16.5. The van der Waals surface area contributed by atoms with E-state index in [0.29, 0.717) is 0 Å². The molecule has 19 heavy (non-hydrogen) atoms. The third-order valence-corrected chi connectivity index (χ3v) is 4.50. The Morgan fingerprint density at radius 3 is 2.58 bits per heavy atom. The summed E-state index contributed by atoms with van der Waals surface area (Å²) in [5.41, 5.74) is 7.57. The summed E-state index contributed by atoms with van der Waals surface area (Å²) in [5, 5.41) is 4.32. The molecule has 1 atom stereocenters. The Morgan fingerprint density at radius 2 is 2.05 bits per heavy atom. The van der Waals surface area contributed by atoms with Crippen LogP contribution in [0.2, 0.25) is 0 Å². The van der Waals surface area contributed by atoms with Gasteiger partial charge in [0.2, 0.25) is 0 Å². The largest absolute Gasteiger partial charge is 0.377 e. The summed E-state index contributed by atoms with van der Waals surface area (Å²) in [6.45, 7) is 3.00. The molecule has 0 spiro atoms. The van der Waals surface area contributed by atoms with Crippen molar-refractivity contribution >= 4 is 0 Å². The number of methoxy groups -OCH3 is 1. The van der Waals surface area contributed by atoms with Crippen LogP contribution in [0.5, 0.6) is 0 Å². The topological polar surface area (TPSA) is 53.1 Å². The second-order valence-corrected chi connectivity index (χ2v) is 5.70. The van der Waals surface area contributed by atoms with Crippen molar-refractivity contribution in [3.05, 3.63) is 18.0 Å². The van der Waals surface area contributed by atoms with Gasteiger partial charge in [-0.15, -0.1) is 0 Å². The quantitative estimate of drug-likeness (QED) is 0.832. The van der Waals surface area contributed by atoms with Crippen molar-refractivity contribution in [3.8, 4) is 0 Å². The first-order chi connectivity index (χ1) is 9.20. The first kappa shape index (κ1) is 14.5. The lowest BCUT2D eigenvalue weighted by Gasteiger charge is -2.37. The van der Waals surface area contributed by atoms with Gasteiger partial charge in [-0.2, -0.15) is 5.10 Å². The minimum absolute atomic E-state index is 0.0603. The van der Waals surface area contributed by atoms with Crippen LogP contribution < -0.4 is 5.73 Å². The highest BCUT2D eigenvalue weighted by Gasteiger charge is 2.37. The second kappa shape index (κ2) is 6.53. The fraction of sp³-hybridized carbons (Fsp3) is 0.800. The van der Waals surface area contributed by atoms with Gasteiger partial charge in [0.15, 0.2) is 0 Å². The molecule has 2 N–H and O–H groups in total. The van der Waals surface area contributed by atoms with Gasteiger partial charge in [0, 0.05) is 25.9 Å². The number of nitrogens with zero attached hydrogens (tertiary/aromatic N) is 2. The monoisotopic (exact) mass is 265 g/mol. The third kappa shape index (κ3) is 3.37. The number of aryl methyl sites for hydroxylation is 1. The summed E-state index contributed by atoms with van der Waals surface area (Å²) in [4.78, 5) is 0. The maximum atomic E-state index is 6.48. The third-order valence-electron chi connectivity index (χ3n) is 4.50. The van der Waals surface area contributed by atoms with Crippen LogP contribution in [0.3, 0.4) is 0 Å². The van der Waals surface area contributed by atoms with Crippen LogP contribution in [-0.4, -0.2) is 28.5 Å². The van der Waals surface area contributed by atoms with Crippen molar-refractivity contribution < 1.29 is 4.74 Å². The van der Waals surface area contributed by atoms with E-state index in [2.05, 4.69) is 18.2 Å². The zero-order chi connectivity index (χ0) is 13.7. The normalized spacial score (nSPS) is 21.0. The van der Waals surface area contributed by atoms with Crippen LogP contribution in [-0.2, 0) is 17.7 Å². The molecule has 1 aromatic heterocycles. The molecule has 108 valence electrons. The first-order valence-electron chi connectivity index (χ1n) is 7.52. The maximum Gasteiger partial charge on any atom is 0.0832 e. The fourth-order valence-electron chi connectivity index (χ4n) is 3.18. The van der Waals surface area contributed by atoms with Crippen LogP contribution in [0.1, 0.15) is 51.0 Å². The molecule has 1 fully saturated rings. The van der Waals surface area contributed by atoms with Crippen molar-refractivity contribution in [1.29, 1.82) is 0 Å². The Kier molecular flexibility index (Phi) is 4.99. The molecule has 4 heteroatoms. The van der Waals surface area contributed by atoms with Gasteiger partial charge in [0.25, 0.3) is 0 Å². The van der Waals surface area contributed by atoms with Crippen LogP contribution in [0.4, 0.5) is 0 Å². The summed E-state index contributed by atoms with van der Waals surface area (Å²) in [6.07, 6.45) is 12.2. The Labute approximate surface area is 116 Å². The molecule has 1 aromatic rings. The number of rotatable bonds is 5. The predicted octanol–water partition coefficient (Wildman–Crippen LogP) is 2.51.